The number of nitriles is 1. The van der Waals surface area contributed by atoms with E-state index in [1.807, 2.05) is 20.9 Å². The maximum atomic E-state index is 8.74. The van der Waals surface area contributed by atoms with Crippen LogP contribution in [0.4, 0.5) is 0 Å². The summed E-state index contributed by atoms with van der Waals surface area (Å²) in [6, 6.07) is 2.58. The molecule has 0 aromatic rings. The third kappa shape index (κ3) is 2.00. The first kappa shape index (κ1) is 9.45. The van der Waals surface area contributed by atoms with E-state index in [0.717, 1.165) is 6.42 Å². The van der Waals surface area contributed by atoms with Crippen molar-refractivity contribution in [1.82, 2.24) is 5.32 Å². The zero-order valence-electron chi connectivity index (χ0n) is 7.23. The lowest BCUT2D eigenvalue weighted by Crippen LogP contribution is -2.38. The van der Waals surface area contributed by atoms with Gasteiger partial charge in [0.2, 0.25) is 0 Å². The summed E-state index contributed by atoms with van der Waals surface area (Å²) in [7, 11) is 1.90. The van der Waals surface area contributed by atoms with Crippen LogP contribution in [0.3, 0.4) is 0 Å². The lowest BCUT2D eigenvalue weighted by molar-refractivity contribution is 0.327. The maximum absolute atomic E-state index is 8.74. The SMILES string of the molecule is CCC(NC)C(C)(C)C#N. The Morgan fingerprint density at radius 2 is 2.10 bits per heavy atom. The van der Waals surface area contributed by atoms with E-state index in [1.165, 1.54) is 0 Å². The molecule has 0 aliphatic carbocycles. The second-order valence-electron chi connectivity index (χ2n) is 3.08. The van der Waals surface area contributed by atoms with Gasteiger partial charge in [-0.3, -0.25) is 0 Å². The van der Waals surface area contributed by atoms with E-state index in [2.05, 4.69) is 18.3 Å². The average Bonchev–Trinajstić information content (AvgIpc) is 1.90. The largest absolute Gasteiger partial charge is 0.315 e. The minimum atomic E-state index is -0.247. The van der Waals surface area contributed by atoms with Crippen molar-refractivity contribution in [2.75, 3.05) is 7.05 Å². The number of hydrogen-bond acceptors (Lipinski definition) is 2. The van der Waals surface area contributed by atoms with Crippen LogP contribution < -0.4 is 5.32 Å². The van der Waals surface area contributed by atoms with Crippen LogP contribution in [0.15, 0.2) is 0 Å². The van der Waals surface area contributed by atoms with Crippen LogP contribution in [0, 0.1) is 16.7 Å². The van der Waals surface area contributed by atoms with Gasteiger partial charge in [0.1, 0.15) is 0 Å². The molecule has 1 unspecified atom stereocenters. The Balaban J connectivity index is 4.15. The molecule has 0 rings (SSSR count). The van der Waals surface area contributed by atoms with Crippen LogP contribution in [0.5, 0.6) is 0 Å². The zero-order valence-corrected chi connectivity index (χ0v) is 7.23. The number of nitrogens with one attached hydrogen (secondary N) is 1. The molecule has 0 saturated carbocycles. The van der Waals surface area contributed by atoms with Crippen LogP contribution >= 0.6 is 0 Å². The number of nitrogens with zero attached hydrogens (tertiary/aromatic N) is 1. The van der Waals surface area contributed by atoms with E-state index in [-0.39, 0.29) is 5.41 Å². The minimum Gasteiger partial charge on any atom is -0.315 e. The molecule has 0 heterocycles. The summed E-state index contributed by atoms with van der Waals surface area (Å²) in [5, 5.41) is 11.9. The molecule has 0 fully saturated rings. The van der Waals surface area contributed by atoms with Gasteiger partial charge in [0.25, 0.3) is 0 Å². The van der Waals surface area contributed by atoms with Gasteiger partial charge in [-0.15, -0.1) is 0 Å². The first-order chi connectivity index (χ1) is 4.58. The van der Waals surface area contributed by atoms with Crippen molar-refractivity contribution < 1.29 is 0 Å². The molecule has 10 heavy (non-hydrogen) atoms. The molecule has 1 N–H and O–H groups in total. The summed E-state index contributed by atoms with van der Waals surface area (Å²) in [5.74, 6) is 0. The highest BCUT2D eigenvalue weighted by Crippen LogP contribution is 2.20. The molecule has 0 aromatic carbocycles. The summed E-state index contributed by atoms with van der Waals surface area (Å²) < 4.78 is 0. The van der Waals surface area contributed by atoms with Gasteiger partial charge >= 0.3 is 0 Å². The fraction of sp³-hybridized carbons (Fsp3) is 0.875. The molecule has 1 atom stereocenters. The van der Waals surface area contributed by atoms with Crippen LogP contribution in [0.2, 0.25) is 0 Å². The lowest BCUT2D eigenvalue weighted by atomic mass is 9.85. The molecule has 0 aliphatic rings. The van der Waals surface area contributed by atoms with Gasteiger partial charge in [-0.1, -0.05) is 6.92 Å². The topological polar surface area (TPSA) is 35.8 Å². The molecule has 0 amide bonds. The number of rotatable bonds is 3. The van der Waals surface area contributed by atoms with E-state index in [4.69, 9.17) is 5.26 Å². The smallest absolute Gasteiger partial charge is 0.0700 e. The van der Waals surface area contributed by atoms with Crippen LogP contribution in [0.25, 0.3) is 0 Å². The Morgan fingerprint density at radius 1 is 1.60 bits per heavy atom. The molecule has 2 nitrogen and oxygen atoms in total. The van der Waals surface area contributed by atoms with E-state index < -0.39 is 0 Å². The fourth-order valence-electron chi connectivity index (χ4n) is 1.15. The first-order valence-corrected chi connectivity index (χ1v) is 3.67. The van der Waals surface area contributed by atoms with Crippen molar-refractivity contribution in [2.24, 2.45) is 5.41 Å². The molecule has 0 radical (unpaired) electrons. The Labute approximate surface area is 63.2 Å². The highest BCUT2D eigenvalue weighted by atomic mass is 14.9. The summed E-state index contributed by atoms with van der Waals surface area (Å²) >= 11 is 0. The Hall–Kier alpha value is -0.550. The summed E-state index contributed by atoms with van der Waals surface area (Å²) in [4.78, 5) is 0. The van der Waals surface area contributed by atoms with Crippen molar-refractivity contribution in [2.45, 2.75) is 33.2 Å². The predicted octanol–water partition coefficient (Wildman–Crippen LogP) is 1.53. The van der Waals surface area contributed by atoms with Crippen molar-refractivity contribution in [3.63, 3.8) is 0 Å². The molecule has 2 heteroatoms. The molecule has 0 saturated heterocycles. The fourth-order valence-corrected chi connectivity index (χ4v) is 1.15. The summed E-state index contributed by atoms with van der Waals surface area (Å²) in [6.07, 6.45) is 0.997. The van der Waals surface area contributed by atoms with Crippen molar-refractivity contribution in [1.29, 1.82) is 5.26 Å². The van der Waals surface area contributed by atoms with E-state index in [0.29, 0.717) is 6.04 Å². The Morgan fingerprint density at radius 3 is 2.20 bits per heavy atom. The summed E-state index contributed by atoms with van der Waals surface area (Å²) in [5.41, 5.74) is -0.247. The lowest BCUT2D eigenvalue weighted by Gasteiger charge is -2.26. The number of hydrogen-bond donors (Lipinski definition) is 1. The highest BCUT2D eigenvalue weighted by molar-refractivity contribution is 4.99. The molecular formula is C8H16N2. The second-order valence-corrected chi connectivity index (χ2v) is 3.08. The van der Waals surface area contributed by atoms with Gasteiger partial charge in [-0.25, -0.2) is 0 Å². The molecule has 58 valence electrons. The van der Waals surface area contributed by atoms with Gasteiger partial charge in [0.05, 0.1) is 11.5 Å². The van der Waals surface area contributed by atoms with Crippen LogP contribution in [0.1, 0.15) is 27.2 Å². The standard InChI is InChI=1S/C8H16N2/c1-5-7(10-4)8(2,3)6-9/h7,10H,5H2,1-4H3. The van der Waals surface area contributed by atoms with Gasteiger partial charge < -0.3 is 5.32 Å². The molecule has 0 aliphatic heterocycles. The first-order valence-electron chi connectivity index (χ1n) is 3.67. The van der Waals surface area contributed by atoms with Gasteiger partial charge in [0.15, 0.2) is 0 Å². The molecular weight excluding hydrogens is 124 g/mol. The predicted molar refractivity (Wildman–Crippen MR) is 42.5 cm³/mol. The normalized spacial score (nSPS) is 14.3. The third-order valence-corrected chi connectivity index (χ3v) is 1.92. The van der Waals surface area contributed by atoms with E-state index in [9.17, 15) is 0 Å². The highest BCUT2D eigenvalue weighted by Gasteiger charge is 2.25. The quantitative estimate of drug-likeness (QED) is 0.645. The Kier molecular flexibility index (Phi) is 3.38. The Bertz CT molecular complexity index is 129. The third-order valence-electron chi connectivity index (χ3n) is 1.92. The zero-order chi connectivity index (χ0) is 8.20. The maximum Gasteiger partial charge on any atom is 0.0700 e. The van der Waals surface area contributed by atoms with E-state index >= 15 is 0 Å². The van der Waals surface area contributed by atoms with Gasteiger partial charge in [-0.05, 0) is 27.3 Å². The van der Waals surface area contributed by atoms with Crippen LogP contribution in [-0.4, -0.2) is 13.1 Å². The van der Waals surface area contributed by atoms with Crippen molar-refractivity contribution in [3.8, 4) is 6.07 Å². The van der Waals surface area contributed by atoms with Crippen molar-refractivity contribution >= 4 is 0 Å². The monoisotopic (exact) mass is 140 g/mol. The van der Waals surface area contributed by atoms with Gasteiger partial charge in [0, 0.05) is 6.04 Å². The van der Waals surface area contributed by atoms with Crippen LogP contribution in [-0.2, 0) is 0 Å². The van der Waals surface area contributed by atoms with Gasteiger partial charge in [-0.2, -0.15) is 5.26 Å². The van der Waals surface area contributed by atoms with Crippen molar-refractivity contribution in [3.05, 3.63) is 0 Å². The average molecular weight is 140 g/mol. The summed E-state index contributed by atoms with van der Waals surface area (Å²) in [6.45, 7) is 6.00. The van der Waals surface area contributed by atoms with E-state index in [1.54, 1.807) is 0 Å². The molecule has 0 spiro atoms. The second kappa shape index (κ2) is 3.58. The molecule has 0 bridgehead atoms. The molecule has 0 aromatic heterocycles. The minimum absolute atomic E-state index is 0.247.